The Morgan fingerprint density at radius 2 is 1.80 bits per heavy atom. The minimum Gasteiger partial charge on any atom is -0.478 e. The van der Waals surface area contributed by atoms with Gasteiger partial charge in [-0.05, 0) is 19.4 Å². The van der Waals surface area contributed by atoms with Gasteiger partial charge in [0.15, 0.2) is 0 Å². The zero-order valence-corrected chi connectivity index (χ0v) is 9.10. The summed E-state index contributed by atoms with van der Waals surface area (Å²) >= 11 is 0. The van der Waals surface area contributed by atoms with Crippen molar-refractivity contribution in [2.24, 2.45) is 0 Å². The Hall–Kier alpha value is -1.83. The van der Waals surface area contributed by atoms with Gasteiger partial charge in [-0.15, -0.1) is 0 Å². The second-order valence-corrected chi connectivity index (χ2v) is 3.17. The zero-order valence-electron chi connectivity index (χ0n) is 9.10. The number of allylic oxidation sites excluding steroid dienone is 1. The lowest BCUT2D eigenvalue weighted by molar-refractivity contribution is -0.131. The van der Waals surface area contributed by atoms with Crippen LogP contribution in [-0.2, 0) is 4.79 Å². The van der Waals surface area contributed by atoms with Gasteiger partial charge < -0.3 is 5.11 Å². The Balaban J connectivity index is 0.000000265. The topological polar surface area (TPSA) is 37.3 Å². The first-order valence-corrected chi connectivity index (χ1v) is 4.61. The van der Waals surface area contributed by atoms with Crippen LogP contribution in [0.4, 0.5) is 0 Å². The van der Waals surface area contributed by atoms with Crippen molar-refractivity contribution in [2.75, 3.05) is 0 Å². The first-order valence-electron chi connectivity index (χ1n) is 4.61. The first kappa shape index (κ1) is 13.2. The van der Waals surface area contributed by atoms with Gasteiger partial charge in [-0.1, -0.05) is 48.6 Å². The van der Waals surface area contributed by atoms with Crippen LogP contribution in [0.5, 0.6) is 0 Å². The van der Waals surface area contributed by atoms with Crippen LogP contribution in [-0.4, -0.2) is 11.1 Å². The van der Waals surface area contributed by atoms with Crippen molar-refractivity contribution in [3.8, 4) is 0 Å². The highest BCUT2D eigenvalue weighted by Crippen LogP contribution is 1.97. The molecule has 0 radical (unpaired) electrons. The highest BCUT2D eigenvalue weighted by Gasteiger charge is 1.83. The molecule has 1 rings (SSSR count). The van der Waals surface area contributed by atoms with Crippen LogP contribution < -0.4 is 0 Å². The molecule has 1 N–H and O–H groups in total. The first-order chi connectivity index (χ1) is 7.06. The van der Waals surface area contributed by atoms with Crippen LogP contribution in [0, 0.1) is 0 Å². The molecule has 0 aliphatic heterocycles. The molecular formula is C13H16O2. The maximum Gasteiger partial charge on any atom is 0.328 e. The quantitative estimate of drug-likeness (QED) is 0.750. The molecule has 0 amide bonds. The minimum absolute atomic E-state index is 0.813. The molecule has 1 aromatic rings. The molecule has 0 fully saturated rings. The fraction of sp³-hybridized carbons (Fsp3) is 0.154. The van der Waals surface area contributed by atoms with E-state index in [4.69, 9.17) is 5.11 Å². The molecule has 0 unspecified atom stereocenters. The predicted octanol–water partition coefficient (Wildman–Crippen LogP) is 3.37. The number of hydrogen-bond acceptors (Lipinski definition) is 1. The normalized spacial score (nSPS) is 8.13. The fourth-order valence-corrected chi connectivity index (χ4v) is 0.836. The van der Waals surface area contributed by atoms with Crippen molar-refractivity contribution in [2.45, 2.75) is 13.8 Å². The van der Waals surface area contributed by atoms with E-state index in [-0.39, 0.29) is 0 Å². The second kappa shape index (κ2) is 7.56. The van der Waals surface area contributed by atoms with E-state index >= 15 is 0 Å². The van der Waals surface area contributed by atoms with Crippen LogP contribution in [0.15, 0.2) is 48.6 Å². The maximum atomic E-state index is 9.73. The largest absolute Gasteiger partial charge is 0.478 e. The molecule has 0 saturated carbocycles. The highest BCUT2D eigenvalue weighted by molar-refractivity contribution is 5.80. The van der Waals surface area contributed by atoms with Crippen LogP contribution in [0.3, 0.4) is 0 Å². The SMILES string of the molecule is C=Cc1ccccc1.CC(C)=CC(=O)O. The fourth-order valence-electron chi connectivity index (χ4n) is 0.836. The Kier molecular flexibility index (Phi) is 6.64. The van der Waals surface area contributed by atoms with Crippen LogP contribution in [0.25, 0.3) is 6.08 Å². The standard InChI is InChI=1S/C8H8.C5H8O2/c1-2-8-6-4-3-5-7-8;1-4(2)3-5(6)7/h2-7H,1H2;3H,1-2H3,(H,6,7). The summed E-state index contributed by atoms with van der Waals surface area (Å²) in [6.45, 7) is 7.12. The lowest BCUT2D eigenvalue weighted by Crippen LogP contribution is -1.86. The Labute approximate surface area is 90.6 Å². The van der Waals surface area contributed by atoms with E-state index in [1.54, 1.807) is 13.8 Å². The number of benzene rings is 1. The summed E-state index contributed by atoms with van der Waals surface area (Å²) in [5.74, 6) is -0.875. The zero-order chi connectivity index (χ0) is 11.7. The Bertz CT molecular complexity index is 333. The Morgan fingerprint density at radius 3 is 2.00 bits per heavy atom. The molecule has 15 heavy (non-hydrogen) atoms. The molecule has 0 spiro atoms. The molecule has 0 aliphatic carbocycles. The summed E-state index contributed by atoms with van der Waals surface area (Å²) in [7, 11) is 0. The minimum atomic E-state index is -0.875. The van der Waals surface area contributed by atoms with Gasteiger partial charge in [0.05, 0.1) is 0 Å². The Morgan fingerprint density at radius 1 is 1.27 bits per heavy atom. The van der Waals surface area contributed by atoms with Gasteiger partial charge in [0.25, 0.3) is 0 Å². The van der Waals surface area contributed by atoms with Gasteiger partial charge in [-0.3, -0.25) is 0 Å². The summed E-state index contributed by atoms with van der Waals surface area (Å²) < 4.78 is 0. The van der Waals surface area contributed by atoms with Crippen molar-refractivity contribution in [3.63, 3.8) is 0 Å². The molecule has 0 bridgehead atoms. The molecule has 2 heteroatoms. The third kappa shape index (κ3) is 8.50. The van der Waals surface area contributed by atoms with Crippen LogP contribution >= 0.6 is 0 Å². The third-order valence-electron chi connectivity index (χ3n) is 1.45. The van der Waals surface area contributed by atoms with Gasteiger partial charge in [0, 0.05) is 6.08 Å². The van der Waals surface area contributed by atoms with E-state index in [1.807, 2.05) is 36.4 Å². The van der Waals surface area contributed by atoms with Gasteiger partial charge in [0.1, 0.15) is 0 Å². The molecule has 0 heterocycles. The lowest BCUT2D eigenvalue weighted by Gasteiger charge is -1.85. The van der Waals surface area contributed by atoms with Crippen molar-refractivity contribution in [1.82, 2.24) is 0 Å². The van der Waals surface area contributed by atoms with E-state index < -0.39 is 5.97 Å². The van der Waals surface area contributed by atoms with Gasteiger partial charge in [0.2, 0.25) is 0 Å². The smallest absolute Gasteiger partial charge is 0.328 e. The van der Waals surface area contributed by atoms with Crippen molar-refractivity contribution in [1.29, 1.82) is 0 Å². The molecular weight excluding hydrogens is 188 g/mol. The molecule has 0 saturated heterocycles. The van der Waals surface area contributed by atoms with E-state index in [9.17, 15) is 4.79 Å². The molecule has 2 nitrogen and oxygen atoms in total. The summed E-state index contributed by atoms with van der Waals surface area (Å²) in [4.78, 5) is 9.73. The third-order valence-corrected chi connectivity index (χ3v) is 1.45. The number of carboxylic acids is 1. The number of carboxylic acid groups (broad SMARTS) is 1. The number of carbonyl (C=O) groups is 1. The van der Waals surface area contributed by atoms with Gasteiger partial charge in [-0.2, -0.15) is 0 Å². The lowest BCUT2D eigenvalue weighted by atomic mass is 10.2. The average Bonchev–Trinajstić information content (AvgIpc) is 2.18. The molecule has 1 aromatic carbocycles. The number of aliphatic carboxylic acids is 1. The second-order valence-electron chi connectivity index (χ2n) is 3.17. The van der Waals surface area contributed by atoms with E-state index in [2.05, 4.69) is 6.58 Å². The van der Waals surface area contributed by atoms with E-state index in [0.29, 0.717) is 0 Å². The molecule has 0 atom stereocenters. The predicted molar refractivity (Wildman–Crippen MR) is 63.6 cm³/mol. The number of hydrogen-bond donors (Lipinski definition) is 1. The number of rotatable bonds is 2. The van der Waals surface area contributed by atoms with Crippen LogP contribution in [0.1, 0.15) is 19.4 Å². The highest BCUT2D eigenvalue weighted by atomic mass is 16.4. The molecule has 80 valence electrons. The van der Waals surface area contributed by atoms with E-state index in [0.717, 1.165) is 5.57 Å². The maximum absolute atomic E-state index is 9.73. The summed E-state index contributed by atoms with van der Waals surface area (Å²) in [6, 6.07) is 10.0. The molecule has 0 aromatic heterocycles. The summed E-state index contributed by atoms with van der Waals surface area (Å²) in [5.41, 5.74) is 1.99. The molecule has 0 aliphatic rings. The summed E-state index contributed by atoms with van der Waals surface area (Å²) in [5, 5.41) is 8.01. The van der Waals surface area contributed by atoms with Gasteiger partial charge >= 0.3 is 5.97 Å². The van der Waals surface area contributed by atoms with Crippen molar-refractivity contribution >= 4 is 12.0 Å². The van der Waals surface area contributed by atoms with Crippen molar-refractivity contribution in [3.05, 3.63) is 54.1 Å². The monoisotopic (exact) mass is 204 g/mol. The van der Waals surface area contributed by atoms with Crippen LogP contribution in [0.2, 0.25) is 0 Å². The summed E-state index contributed by atoms with van der Waals surface area (Å²) in [6.07, 6.45) is 3.00. The average molecular weight is 204 g/mol. The van der Waals surface area contributed by atoms with Crippen molar-refractivity contribution < 1.29 is 9.90 Å². The van der Waals surface area contributed by atoms with E-state index in [1.165, 1.54) is 11.6 Å². The van der Waals surface area contributed by atoms with Gasteiger partial charge in [-0.25, -0.2) is 4.79 Å².